The third-order valence-electron chi connectivity index (χ3n) is 8.31. The number of halogens is 1. The summed E-state index contributed by atoms with van der Waals surface area (Å²) in [6.45, 7) is 1.86. The van der Waals surface area contributed by atoms with E-state index in [4.69, 9.17) is 0 Å². The molecule has 1 N–H and O–H groups in total. The second kappa shape index (κ2) is 10.9. The van der Waals surface area contributed by atoms with Crippen LogP contribution in [-0.2, 0) is 34.8 Å². The average Bonchev–Trinajstić information content (AvgIpc) is 3.67. The van der Waals surface area contributed by atoms with Crippen molar-refractivity contribution in [2.75, 3.05) is 4.90 Å². The van der Waals surface area contributed by atoms with E-state index in [2.05, 4.69) is 21.8 Å². The number of amides is 1. The summed E-state index contributed by atoms with van der Waals surface area (Å²) in [5.74, 6) is 0.418. The number of aromatic nitrogens is 2. The van der Waals surface area contributed by atoms with Crippen LogP contribution >= 0.6 is 0 Å². The highest BCUT2D eigenvalue weighted by atomic mass is 32.2. The Hall–Kier alpha value is -3.82. The van der Waals surface area contributed by atoms with Gasteiger partial charge in [-0.05, 0) is 91.1 Å². The van der Waals surface area contributed by atoms with Crippen LogP contribution < -0.4 is 9.62 Å². The van der Waals surface area contributed by atoms with E-state index in [9.17, 15) is 17.6 Å². The average molecular weight is 573 g/mol. The smallest absolute Gasteiger partial charge is 0.241 e. The molecule has 7 nitrogen and oxygen atoms in total. The topological polar surface area (TPSA) is 84.3 Å². The van der Waals surface area contributed by atoms with E-state index in [1.807, 2.05) is 54.2 Å². The zero-order chi connectivity index (χ0) is 28.7. The molecule has 0 spiro atoms. The SMILES string of the molecule is Cc1cc(S(=O)(=O)N[C@@H]2CCCc3ccc(N(Cc4nccn4C)C(=O)[C@H]4C[C@H]4c4ccccc4)cc32)ccc1F. The van der Waals surface area contributed by atoms with Crippen molar-refractivity contribution in [2.45, 2.75) is 56.0 Å². The lowest BCUT2D eigenvalue weighted by Crippen LogP contribution is -2.34. The Morgan fingerprint density at radius 3 is 2.66 bits per heavy atom. The van der Waals surface area contributed by atoms with Crippen molar-refractivity contribution in [3.8, 4) is 0 Å². The first-order valence-electron chi connectivity index (χ1n) is 13.9. The largest absolute Gasteiger partial charge is 0.337 e. The lowest BCUT2D eigenvalue weighted by atomic mass is 9.87. The Bertz CT molecular complexity index is 1700. The maximum atomic E-state index is 14.0. The van der Waals surface area contributed by atoms with E-state index in [1.165, 1.54) is 23.8 Å². The van der Waals surface area contributed by atoms with Crippen LogP contribution in [0.2, 0.25) is 0 Å². The number of carbonyl (C=O) groups is 1. The lowest BCUT2D eigenvalue weighted by molar-refractivity contribution is -0.120. The number of nitrogens with one attached hydrogen (secondary N) is 1. The van der Waals surface area contributed by atoms with E-state index in [0.717, 1.165) is 41.9 Å². The highest BCUT2D eigenvalue weighted by Gasteiger charge is 2.46. The van der Waals surface area contributed by atoms with E-state index in [-0.39, 0.29) is 28.2 Å². The molecule has 41 heavy (non-hydrogen) atoms. The van der Waals surface area contributed by atoms with E-state index >= 15 is 0 Å². The summed E-state index contributed by atoms with van der Waals surface area (Å²) in [7, 11) is -1.98. The van der Waals surface area contributed by atoms with Crippen LogP contribution in [0.4, 0.5) is 10.1 Å². The number of nitrogens with zero attached hydrogens (tertiary/aromatic N) is 3. The van der Waals surface area contributed by atoms with E-state index < -0.39 is 21.9 Å². The molecular formula is C32H33FN4O3S. The van der Waals surface area contributed by atoms with Gasteiger partial charge in [-0.2, -0.15) is 0 Å². The molecule has 4 aromatic rings. The maximum Gasteiger partial charge on any atom is 0.241 e. The fourth-order valence-electron chi connectivity index (χ4n) is 5.84. The first kappa shape index (κ1) is 27.4. The highest BCUT2D eigenvalue weighted by molar-refractivity contribution is 7.89. The molecular weight excluding hydrogens is 539 g/mol. The second-order valence-corrected chi connectivity index (χ2v) is 12.8. The molecule has 212 valence electrons. The number of aryl methyl sites for hydroxylation is 3. The van der Waals surface area contributed by atoms with Crippen molar-refractivity contribution in [3.63, 3.8) is 0 Å². The zero-order valence-corrected chi connectivity index (χ0v) is 23.9. The van der Waals surface area contributed by atoms with E-state index in [1.54, 1.807) is 18.0 Å². The maximum absolute atomic E-state index is 14.0. The highest BCUT2D eigenvalue weighted by Crippen LogP contribution is 2.49. The van der Waals surface area contributed by atoms with Gasteiger partial charge in [0, 0.05) is 37.1 Å². The fraction of sp³-hybridized carbons (Fsp3) is 0.312. The molecule has 1 saturated carbocycles. The lowest BCUT2D eigenvalue weighted by Gasteiger charge is -2.29. The van der Waals surface area contributed by atoms with Gasteiger partial charge in [-0.15, -0.1) is 0 Å². The van der Waals surface area contributed by atoms with Gasteiger partial charge in [-0.3, -0.25) is 4.79 Å². The Balaban J connectivity index is 1.32. The number of benzene rings is 3. The van der Waals surface area contributed by atoms with Gasteiger partial charge in [-0.1, -0.05) is 36.4 Å². The minimum atomic E-state index is -3.89. The Morgan fingerprint density at radius 2 is 1.93 bits per heavy atom. The minimum absolute atomic E-state index is 0.0342. The van der Waals surface area contributed by atoms with Crippen LogP contribution in [-0.4, -0.2) is 23.9 Å². The number of sulfonamides is 1. The van der Waals surface area contributed by atoms with Crippen molar-refractivity contribution in [3.05, 3.63) is 113 Å². The summed E-state index contributed by atoms with van der Waals surface area (Å²) < 4.78 is 45.2. The van der Waals surface area contributed by atoms with Gasteiger partial charge >= 0.3 is 0 Å². The van der Waals surface area contributed by atoms with Crippen LogP contribution in [0.3, 0.4) is 0 Å². The summed E-state index contributed by atoms with van der Waals surface area (Å²) >= 11 is 0. The first-order valence-corrected chi connectivity index (χ1v) is 15.4. The fourth-order valence-corrected chi connectivity index (χ4v) is 7.17. The summed E-state index contributed by atoms with van der Waals surface area (Å²) in [6, 6.07) is 19.4. The number of hydrogen-bond donors (Lipinski definition) is 1. The number of rotatable bonds is 8. The number of carbonyl (C=O) groups excluding carboxylic acids is 1. The van der Waals surface area contributed by atoms with Gasteiger partial charge in [0.15, 0.2) is 0 Å². The Morgan fingerprint density at radius 1 is 1.12 bits per heavy atom. The molecule has 3 aromatic carbocycles. The molecule has 6 rings (SSSR count). The van der Waals surface area contributed by atoms with Crippen LogP contribution in [0.25, 0.3) is 0 Å². The summed E-state index contributed by atoms with van der Waals surface area (Å²) in [5.41, 5.74) is 4.08. The zero-order valence-electron chi connectivity index (χ0n) is 23.1. The molecule has 0 radical (unpaired) electrons. The van der Waals surface area contributed by atoms with Gasteiger partial charge in [0.2, 0.25) is 15.9 Å². The summed E-state index contributed by atoms with van der Waals surface area (Å²) in [4.78, 5) is 20.3. The molecule has 2 aliphatic rings. The molecule has 0 aliphatic heterocycles. The van der Waals surface area contributed by atoms with E-state index in [0.29, 0.717) is 13.0 Å². The van der Waals surface area contributed by atoms with Gasteiger partial charge in [0.05, 0.1) is 11.4 Å². The van der Waals surface area contributed by atoms with Crippen molar-refractivity contribution >= 4 is 21.6 Å². The van der Waals surface area contributed by atoms with Crippen LogP contribution in [0, 0.1) is 18.7 Å². The number of fused-ring (bicyclic) bond motifs is 1. The van der Waals surface area contributed by atoms with Crippen molar-refractivity contribution in [1.82, 2.24) is 14.3 Å². The Labute approximate surface area is 240 Å². The first-order chi connectivity index (χ1) is 19.7. The molecule has 1 aromatic heterocycles. The predicted octanol–water partition coefficient (Wildman–Crippen LogP) is 5.56. The summed E-state index contributed by atoms with van der Waals surface area (Å²) in [6.07, 6.45) is 6.66. The molecule has 0 bridgehead atoms. The standard InChI is InChI=1S/C32H33FN4O3S/c1-21-17-25(13-14-29(21)33)41(39,40)35-30-10-6-9-23-11-12-24(18-27(23)30)37(20-31-34-15-16-36(31)2)32(38)28-19-26(28)22-7-4-3-5-8-22/h3-5,7-8,11-18,26,28,30,35H,6,9-10,19-20H2,1-2H3/t26-,28-,30+/m0/s1. The number of anilines is 1. The van der Waals surface area contributed by atoms with Crippen molar-refractivity contribution in [1.29, 1.82) is 0 Å². The van der Waals surface area contributed by atoms with Crippen molar-refractivity contribution in [2.24, 2.45) is 13.0 Å². The molecule has 2 aliphatic carbocycles. The molecule has 1 heterocycles. The molecule has 1 amide bonds. The van der Waals surface area contributed by atoms with Gasteiger partial charge in [-0.25, -0.2) is 22.5 Å². The van der Waals surface area contributed by atoms with Gasteiger partial charge in [0.25, 0.3) is 0 Å². The monoisotopic (exact) mass is 572 g/mol. The normalized spacial score (nSPS) is 19.9. The van der Waals surface area contributed by atoms with Crippen LogP contribution in [0.15, 0.2) is 84.0 Å². The number of imidazole rings is 1. The van der Waals surface area contributed by atoms with Gasteiger partial charge in [0.1, 0.15) is 11.6 Å². The molecule has 9 heteroatoms. The predicted molar refractivity (Wildman–Crippen MR) is 155 cm³/mol. The Kier molecular flexibility index (Phi) is 7.25. The van der Waals surface area contributed by atoms with Crippen LogP contribution in [0.1, 0.15) is 59.3 Å². The third kappa shape index (κ3) is 5.56. The number of hydrogen-bond acceptors (Lipinski definition) is 4. The second-order valence-electron chi connectivity index (χ2n) is 11.1. The van der Waals surface area contributed by atoms with Gasteiger partial charge < -0.3 is 9.47 Å². The van der Waals surface area contributed by atoms with Crippen molar-refractivity contribution < 1.29 is 17.6 Å². The quantitative estimate of drug-likeness (QED) is 0.300. The molecule has 0 saturated heterocycles. The molecule has 0 unspecified atom stereocenters. The summed E-state index contributed by atoms with van der Waals surface area (Å²) in [5, 5.41) is 0. The third-order valence-corrected chi connectivity index (χ3v) is 9.78. The molecule has 3 atom stereocenters. The minimum Gasteiger partial charge on any atom is -0.337 e. The molecule has 1 fully saturated rings. The van der Waals surface area contributed by atoms with Crippen LogP contribution in [0.5, 0.6) is 0 Å².